The summed E-state index contributed by atoms with van der Waals surface area (Å²) in [5.74, 6) is 0. The van der Waals surface area contributed by atoms with E-state index >= 15 is 0 Å². The van der Waals surface area contributed by atoms with Gasteiger partial charge in [-0.05, 0) is 53.7 Å². The zero-order chi connectivity index (χ0) is 13.1. The first-order chi connectivity index (χ1) is 8.56. The van der Waals surface area contributed by atoms with E-state index in [1.165, 1.54) is 6.07 Å². The van der Waals surface area contributed by atoms with Crippen LogP contribution in [0, 0.1) is 10.1 Å². The summed E-state index contributed by atoms with van der Waals surface area (Å²) in [6.45, 7) is 0. The first kappa shape index (κ1) is 13.3. The van der Waals surface area contributed by atoms with Gasteiger partial charge in [-0.1, -0.05) is 0 Å². The third kappa shape index (κ3) is 3.20. The molecule has 0 aromatic heterocycles. The molecule has 0 atom stereocenters. The van der Waals surface area contributed by atoms with Crippen molar-refractivity contribution in [3.8, 4) is 0 Å². The Balaban J connectivity index is 2.05. The molecule has 18 heavy (non-hydrogen) atoms. The average Bonchev–Trinajstić information content (AvgIpc) is 2.34. The van der Waals surface area contributed by atoms with E-state index in [2.05, 4.69) is 21.2 Å². The molecule has 0 saturated heterocycles. The van der Waals surface area contributed by atoms with Crippen molar-refractivity contribution in [3.05, 3.63) is 32.8 Å². The monoisotopic (exact) mass is 314 g/mol. The number of nitro benzene ring substituents is 1. The van der Waals surface area contributed by atoms with Crippen LogP contribution in [0.5, 0.6) is 0 Å². The van der Waals surface area contributed by atoms with Crippen molar-refractivity contribution in [1.29, 1.82) is 0 Å². The molecular formula is C12H15BrN2O3. The molecule has 1 saturated carbocycles. The van der Waals surface area contributed by atoms with Crippen molar-refractivity contribution < 1.29 is 10.0 Å². The number of aliphatic hydroxyl groups excluding tert-OH is 1. The van der Waals surface area contributed by atoms with Gasteiger partial charge in [0.25, 0.3) is 5.69 Å². The molecule has 0 aliphatic heterocycles. The van der Waals surface area contributed by atoms with Gasteiger partial charge < -0.3 is 10.4 Å². The standard InChI is InChI=1S/C12H15BrN2O3/c13-11-6-3-9(7-12(11)15(17)18)14-8-1-4-10(16)5-2-8/h3,6-8,10,14,16H,1-2,4-5H2. The zero-order valence-electron chi connectivity index (χ0n) is 9.80. The zero-order valence-corrected chi connectivity index (χ0v) is 11.4. The lowest BCUT2D eigenvalue weighted by atomic mass is 9.93. The number of nitro groups is 1. The number of aliphatic hydroxyl groups is 1. The second-order valence-corrected chi connectivity index (χ2v) is 5.43. The topological polar surface area (TPSA) is 75.4 Å². The van der Waals surface area contributed by atoms with Gasteiger partial charge in [0.1, 0.15) is 0 Å². The van der Waals surface area contributed by atoms with Crippen LogP contribution in [-0.4, -0.2) is 22.2 Å². The molecule has 1 aromatic carbocycles. The first-order valence-corrected chi connectivity index (χ1v) is 6.74. The van der Waals surface area contributed by atoms with Crippen molar-refractivity contribution >= 4 is 27.3 Å². The molecule has 1 aromatic rings. The summed E-state index contributed by atoms with van der Waals surface area (Å²) in [6.07, 6.45) is 3.17. The Labute approximate surface area is 113 Å². The van der Waals surface area contributed by atoms with Gasteiger partial charge in [0, 0.05) is 17.8 Å². The summed E-state index contributed by atoms with van der Waals surface area (Å²) in [5, 5.41) is 23.5. The lowest BCUT2D eigenvalue weighted by Crippen LogP contribution is -2.28. The molecule has 0 radical (unpaired) electrons. The van der Waals surface area contributed by atoms with E-state index in [-0.39, 0.29) is 17.8 Å². The lowest BCUT2D eigenvalue weighted by molar-refractivity contribution is -0.385. The second-order valence-electron chi connectivity index (χ2n) is 4.57. The summed E-state index contributed by atoms with van der Waals surface area (Å²) in [5.41, 5.74) is 0.821. The van der Waals surface area contributed by atoms with E-state index in [1.807, 2.05) is 6.07 Å². The third-order valence-electron chi connectivity index (χ3n) is 3.21. The van der Waals surface area contributed by atoms with Gasteiger partial charge in [-0.3, -0.25) is 10.1 Å². The minimum atomic E-state index is -0.403. The van der Waals surface area contributed by atoms with Crippen molar-refractivity contribution in [2.75, 3.05) is 5.32 Å². The molecule has 0 bridgehead atoms. The van der Waals surface area contributed by atoms with Crippen LogP contribution in [0.3, 0.4) is 0 Å². The fourth-order valence-electron chi connectivity index (χ4n) is 2.20. The Morgan fingerprint density at radius 3 is 2.61 bits per heavy atom. The lowest BCUT2D eigenvalue weighted by Gasteiger charge is -2.27. The van der Waals surface area contributed by atoms with Gasteiger partial charge in [0.15, 0.2) is 0 Å². The molecule has 6 heteroatoms. The second kappa shape index (κ2) is 5.67. The van der Waals surface area contributed by atoms with E-state index in [0.29, 0.717) is 4.47 Å². The first-order valence-electron chi connectivity index (χ1n) is 5.95. The van der Waals surface area contributed by atoms with Gasteiger partial charge in [-0.25, -0.2) is 0 Å². The Morgan fingerprint density at radius 2 is 2.00 bits per heavy atom. The SMILES string of the molecule is O=[N+]([O-])c1cc(NC2CCC(O)CC2)ccc1Br. The summed E-state index contributed by atoms with van der Waals surface area (Å²) < 4.78 is 0.483. The van der Waals surface area contributed by atoms with E-state index in [9.17, 15) is 15.2 Å². The van der Waals surface area contributed by atoms with Crippen molar-refractivity contribution in [3.63, 3.8) is 0 Å². The van der Waals surface area contributed by atoms with Crippen LogP contribution < -0.4 is 5.32 Å². The van der Waals surface area contributed by atoms with Gasteiger partial charge in [-0.15, -0.1) is 0 Å². The molecule has 1 aliphatic carbocycles. The molecule has 5 nitrogen and oxygen atoms in total. The number of benzene rings is 1. The molecule has 2 N–H and O–H groups in total. The highest BCUT2D eigenvalue weighted by molar-refractivity contribution is 9.10. The quantitative estimate of drug-likeness (QED) is 0.664. The maximum Gasteiger partial charge on any atom is 0.285 e. The van der Waals surface area contributed by atoms with Crippen LogP contribution in [-0.2, 0) is 0 Å². The number of hydrogen-bond donors (Lipinski definition) is 2. The van der Waals surface area contributed by atoms with E-state index in [0.717, 1.165) is 31.4 Å². The Hall–Kier alpha value is -1.14. The third-order valence-corrected chi connectivity index (χ3v) is 3.88. The molecule has 0 heterocycles. The van der Waals surface area contributed by atoms with Crippen LogP contribution in [0.15, 0.2) is 22.7 Å². The predicted molar refractivity (Wildman–Crippen MR) is 72.7 cm³/mol. The Morgan fingerprint density at radius 1 is 1.33 bits per heavy atom. The average molecular weight is 315 g/mol. The predicted octanol–water partition coefficient (Wildman–Crippen LogP) is 3.07. The van der Waals surface area contributed by atoms with Gasteiger partial charge in [0.05, 0.1) is 15.5 Å². The number of anilines is 1. The van der Waals surface area contributed by atoms with Crippen LogP contribution in [0.1, 0.15) is 25.7 Å². The number of halogens is 1. The van der Waals surface area contributed by atoms with Crippen molar-refractivity contribution in [2.45, 2.75) is 37.8 Å². The van der Waals surface area contributed by atoms with Crippen LogP contribution >= 0.6 is 15.9 Å². The molecule has 2 rings (SSSR count). The summed E-state index contributed by atoms with van der Waals surface area (Å²) in [7, 11) is 0. The molecule has 1 fully saturated rings. The van der Waals surface area contributed by atoms with Crippen LogP contribution in [0.25, 0.3) is 0 Å². The minimum Gasteiger partial charge on any atom is -0.393 e. The van der Waals surface area contributed by atoms with E-state index in [1.54, 1.807) is 6.07 Å². The minimum absolute atomic E-state index is 0.0656. The van der Waals surface area contributed by atoms with Gasteiger partial charge >= 0.3 is 0 Å². The Bertz CT molecular complexity index is 445. The normalized spacial score (nSPS) is 23.7. The molecular weight excluding hydrogens is 300 g/mol. The van der Waals surface area contributed by atoms with Gasteiger partial charge in [0.2, 0.25) is 0 Å². The molecule has 98 valence electrons. The highest BCUT2D eigenvalue weighted by atomic mass is 79.9. The fourth-order valence-corrected chi connectivity index (χ4v) is 2.59. The summed E-state index contributed by atoms with van der Waals surface area (Å²) in [6, 6.07) is 5.32. The largest absolute Gasteiger partial charge is 0.393 e. The summed E-state index contributed by atoms with van der Waals surface area (Å²) >= 11 is 3.16. The van der Waals surface area contributed by atoms with Crippen molar-refractivity contribution in [2.24, 2.45) is 0 Å². The van der Waals surface area contributed by atoms with Crippen LogP contribution in [0.2, 0.25) is 0 Å². The molecule has 0 unspecified atom stereocenters. The van der Waals surface area contributed by atoms with E-state index in [4.69, 9.17) is 0 Å². The van der Waals surface area contributed by atoms with E-state index < -0.39 is 4.92 Å². The number of hydrogen-bond acceptors (Lipinski definition) is 4. The smallest absolute Gasteiger partial charge is 0.285 e. The molecule has 1 aliphatic rings. The number of rotatable bonds is 3. The number of nitrogens with one attached hydrogen (secondary N) is 1. The number of nitrogens with zero attached hydrogens (tertiary/aromatic N) is 1. The maximum atomic E-state index is 10.8. The van der Waals surface area contributed by atoms with Gasteiger partial charge in [-0.2, -0.15) is 0 Å². The molecule has 0 spiro atoms. The van der Waals surface area contributed by atoms with Crippen LogP contribution in [0.4, 0.5) is 11.4 Å². The highest BCUT2D eigenvalue weighted by Gasteiger charge is 2.20. The maximum absolute atomic E-state index is 10.8. The fraction of sp³-hybridized carbons (Fsp3) is 0.500. The Kier molecular flexibility index (Phi) is 4.19. The molecule has 0 amide bonds. The highest BCUT2D eigenvalue weighted by Crippen LogP contribution is 2.29. The summed E-state index contributed by atoms with van der Waals surface area (Å²) in [4.78, 5) is 10.4. The van der Waals surface area contributed by atoms with Crippen molar-refractivity contribution in [1.82, 2.24) is 0 Å².